The van der Waals surface area contributed by atoms with Gasteiger partial charge >= 0.3 is 0 Å². The number of aromatic nitrogens is 7. The maximum Gasteiger partial charge on any atom is 0.184 e. The summed E-state index contributed by atoms with van der Waals surface area (Å²) in [5.41, 5.74) is 5.01. The number of H-pyrrole nitrogens is 1. The third-order valence-electron chi connectivity index (χ3n) is 5.02. The summed E-state index contributed by atoms with van der Waals surface area (Å²) >= 11 is 0. The minimum Gasteiger partial charge on any atom is -0.239 e. The largest absolute Gasteiger partial charge is 0.239 e. The summed E-state index contributed by atoms with van der Waals surface area (Å²) < 4.78 is 1.76. The maximum absolute atomic E-state index is 4.64. The Morgan fingerprint density at radius 1 is 1.00 bits per heavy atom. The van der Waals surface area contributed by atoms with Crippen LogP contribution in [0.5, 0.6) is 0 Å². The fourth-order valence-corrected chi connectivity index (χ4v) is 3.44. The summed E-state index contributed by atoms with van der Waals surface area (Å²) in [6.07, 6.45) is 5.59. The van der Waals surface area contributed by atoms with Crippen molar-refractivity contribution >= 4 is 16.4 Å². The molecule has 7 nitrogen and oxygen atoms in total. The Bertz CT molecular complexity index is 1290. The van der Waals surface area contributed by atoms with E-state index in [1.807, 2.05) is 12.4 Å². The highest BCUT2D eigenvalue weighted by Gasteiger charge is 2.16. The average Bonchev–Trinajstić information content (AvgIpc) is 3.35. The second-order valence-electron chi connectivity index (χ2n) is 7.91. The molecule has 5 rings (SSSR count). The van der Waals surface area contributed by atoms with Gasteiger partial charge in [0, 0.05) is 18.0 Å². The molecule has 0 aliphatic heterocycles. The van der Waals surface area contributed by atoms with Gasteiger partial charge < -0.3 is 0 Å². The Labute approximate surface area is 161 Å². The molecule has 0 atom stereocenters. The lowest BCUT2D eigenvalue weighted by Gasteiger charge is -2.20. The highest BCUT2D eigenvalue weighted by molar-refractivity contribution is 5.97. The molecule has 3 heterocycles. The van der Waals surface area contributed by atoms with E-state index in [4.69, 9.17) is 0 Å². The van der Waals surface area contributed by atoms with Gasteiger partial charge in [-0.1, -0.05) is 51.1 Å². The van der Waals surface area contributed by atoms with Crippen LogP contribution in [0.15, 0.2) is 55.0 Å². The lowest BCUT2D eigenvalue weighted by molar-refractivity contribution is 0.591. The van der Waals surface area contributed by atoms with Gasteiger partial charge in [0.1, 0.15) is 0 Å². The van der Waals surface area contributed by atoms with E-state index in [1.165, 1.54) is 16.3 Å². The van der Waals surface area contributed by atoms with Gasteiger partial charge in [0.15, 0.2) is 11.5 Å². The molecule has 138 valence electrons. The number of benzene rings is 2. The van der Waals surface area contributed by atoms with Crippen LogP contribution in [0, 0.1) is 0 Å². The number of nitrogens with one attached hydrogen (secondary N) is 1. The molecular weight excluding hydrogens is 350 g/mol. The van der Waals surface area contributed by atoms with Crippen LogP contribution in [0.2, 0.25) is 0 Å². The van der Waals surface area contributed by atoms with Gasteiger partial charge in [-0.05, 0) is 43.8 Å². The number of hydrogen-bond acceptors (Lipinski definition) is 5. The first kappa shape index (κ1) is 16.6. The first-order valence-corrected chi connectivity index (χ1v) is 9.12. The Morgan fingerprint density at radius 2 is 1.89 bits per heavy atom. The second kappa shape index (κ2) is 5.95. The zero-order chi connectivity index (χ0) is 19.3. The van der Waals surface area contributed by atoms with Crippen molar-refractivity contribution in [3.8, 4) is 22.5 Å². The Morgan fingerprint density at radius 3 is 2.68 bits per heavy atom. The molecular formula is C21H19N7. The predicted octanol–water partition coefficient (Wildman–Crippen LogP) is 4.03. The SMILES string of the molecule is CC(C)(C)c1ccc2cccc(-c3cnc4c(-c5nnn[nH]5)cnn4c3)c2c1. The van der Waals surface area contributed by atoms with Crippen molar-refractivity contribution in [2.24, 2.45) is 0 Å². The normalized spacial score (nSPS) is 12.1. The molecule has 1 N–H and O–H groups in total. The van der Waals surface area contributed by atoms with E-state index in [-0.39, 0.29) is 5.41 Å². The summed E-state index contributed by atoms with van der Waals surface area (Å²) in [4.78, 5) is 4.64. The first-order chi connectivity index (χ1) is 13.5. The zero-order valence-electron chi connectivity index (χ0n) is 15.9. The summed E-state index contributed by atoms with van der Waals surface area (Å²) in [6.45, 7) is 6.69. The van der Waals surface area contributed by atoms with Gasteiger partial charge in [0.25, 0.3) is 0 Å². The van der Waals surface area contributed by atoms with Crippen molar-refractivity contribution in [1.29, 1.82) is 0 Å². The minimum atomic E-state index is 0.0888. The summed E-state index contributed by atoms with van der Waals surface area (Å²) in [5, 5.41) is 20.8. The van der Waals surface area contributed by atoms with Crippen molar-refractivity contribution < 1.29 is 0 Å². The lowest BCUT2D eigenvalue weighted by atomic mass is 9.85. The number of nitrogens with zero attached hydrogens (tertiary/aromatic N) is 6. The highest BCUT2D eigenvalue weighted by atomic mass is 15.5. The predicted molar refractivity (Wildman–Crippen MR) is 108 cm³/mol. The zero-order valence-corrected chi connectivity index (χ0v) is 15.9. The van der Waals surface area contributed by atoms with E-state index in [9.17, 15) is 0 Å². The van der Waals surface area contributed by atoms with E-state index in [2.05, 4.69) is 87.9 Å². The number of aromatic amines is 1. The average molecular weight is 369 g/mol. The molecule has 0 fully saturated rings. The first-order valence-electron chi connectivity index (χ1n) is 9.12. The van der Waals surface area contributed by atoms with E-state index in [1.54, 1.807) is 10.7 Å². The number of hydrogen-bond donors (Lipinski definition) is 1. The van der Waals surface area contributed by atoms with E-state index < -0.39 is 0 Å². The van der Waals surface area contributed by atoms with Crippen LogP contribution in [0.1, 0.15) is 26.3 Å². The van der Waals surface area contributed by atoms with Crippen molar-refractivity contribution in [3.05, 3.63) is 60.6 Å². The molecule has 0 amide bonds. The molecule has 0 aliphatic carbocycles. The van der Waals surface area contributed by atoms with Gasteiger partial charge in [0.2, 0.25) is 0 Å². The standard InChI is InChI=1S/C21H19N7/c1-21(2,3)15-8-7-13-5-4-6-16(17(13)9-15)14-10-22-20-18(11-23-28(20)12-14)19-24-26-27-25-19/h4-12H,1-3H3,(H,24,25,26,27). The Kier molecular flexibility index (Phi) is 3.52. The van der Waals surface area contributed by atoms with E-state index in [0.29, 0.717) is 11.5 Å². The number of tetrazole rings is 1. The molecule has 7 heteroatoms. The van der Waals surface area contributed by atoms with Crippen LogP contribution in [-0.4, -0.2) is 35.2 Å². The van der Waals surface area contributed by atoms with Crippen LogP contribution in [0.25, 0.3) is 38.9 Å². The molecule has 0 unspecified atom stereocenters. The van der Waals surface area contributed by atoms with Crippen LogP contribution in [0.4, 0.5) is 0 Å². The van der Waals surface area contributed by atoms with Crippen LogP contribution >= 0.6 is 0 Å². The summed E-state index contributed by atoms with van der Waals surface area (Å²) in [6, 6.07) is 13.0. The maximum atomic E-state index is 4.64. The molecule has 0 radical (unpaired) electrons. The smallest absolute Gasteiger partial charge is 0.184 e. The van der Waals surface area contributed by atoms with Crippen molar-refractivity contribution in [2.45, 2.75) is 26.2 Å². The van der Waals surface area contributed by atoms with Gasteiger partial charge in [-0.2, -0.15) is 5.10 Å². The third kappa shape index (κ3) is 2.63. The lowest BCUT2D eigenvalue weighted by Crippen LogP contribution is -2.10. The molecule has 5 aromatic rings. The molecule has 28 heavy (non-hydrogen) atoms. The molecule has 0 spiro atoms. The van der Waals surface area contributed by atoms with Crippen LogP contribution < -0.4 is 0 Å². The topological polar surface area (TPSA) is 84.6 Å². The quantitative estimate of drug-likeness (QED) is 0.508. The molecule has 0 saturated carbocycles. The second-order valence-corrected chi connectivity index (χ2v) is 7.91. The molecule has 2 aromatic carbocycles. The van der Waals surface area contributed by atoms with Crippen molar-refractivity contribution in [2.75, 3.05) is 0 Å². The van der Waals surface area contributed by atoms with Gasteiger partial charge in [0.05, 0.1) is 11.8 Å². The fourth-order valence-electron chi connectivity index (χ4n) is 3.44. The van der Waals surface area contributed by atoms with E-state index >= 15 is 0 Å². The monoisotopic (exact) mass is 369 g/mol. The minimum absolute atomic E-state index is 0.0888. The van der Waals surface area contributed by atoms with Crippen LogP contribution in [-0.2, 0) is 5.41 Å². The van der Waals surface area contributed by atoms with Gasteiger partial charge in [-0.3, -0.25) is 0 Å². The molecule has 0 aliphatic rings. The van der Waals surface area contributed by atoms with Gasteiger partial charge in [-0.15, -0.1) is 5.10 Å². The van der Waals surface area contributed by atoms with Gasteiger partial charge in [-0.25, -0.2) is 14.6 Å². The Balaban J connectivity index is 1.68. The number of fused-ring (bicyclic) bond motifs is 2. The molecule has 0 saturated heterocycles. The van der Waals surface area contributed by atoms with E-state index in [0.717, 1.165) is 16.7 Å². The molecule has 3 aromatic heterocycles. The van der Waals surface area contributed by atoms with Crippen molar-refractivity contribution in [1.82, 2.24) is 35.2 Å². The highest BCUT2D eigenvalue weighted by Crippen LogP contribution is 2.33. The van der Waals surface area contributed by atoms with Crippen molar-refractivity contribution in [3.63, 3.8) is 0 Å². The van der Waals surface area contributed by atoms with Crippen LogP contribution in [0.3, 0.4) is 0 Å². The third-order valence-corrected chi connectivity index (χ3v) is 5.02. The Hall–Kier alpha value is -3.61. The number of rotatable bonds is 2. The molecule has 0 bridgehead atoms. The summed E-state index contributed by atoms with van der Waals surface area (Å²) in [5.74, 6) is 0.551. The summed E-state index contributed by atoms with van der Waals surface area (Å²) in [7, 11) is 0. The fraction of sp³-hybridized carbons (Fsp3) is 0.190.